The van der Waals surface area contributed by atoms with Crippen molar-refractivity contribution < 1.29 is 19.1 Å². The molecule has 4 rings (SSSR count). The minimum absolute atomic E-state index is 0.0191. The largest absolute Gasteiger partial charge is 0.448 e. The summed E-state index contributed by atoms with van der Waals surface area (Å²) < 4.78 is 4.90. The van der Waals surface area contributed by atoms with Crippen LogP contribution in [0.25, 0.3) is 0 Å². The van der Waals surface area contributed by atoms with Crippen molar-refractivity contribution in [2.45, 2.75) is 32.2 Å². The van der Waals surface area contributed by atoms with Crippen LogP contribution in [0.2, 0.25) is 0 Å². The fraction of sp³-hybridized carbons (Fsp3) is 0.625. The van der Waals surface area contributed by atoms with Gasteiger partial charge in [0.1, 0.15) is 13.2 Å². The second-order valence-corrected chi connectivity index (χ2v) is 9.07. The van der Waals surface area contributed by atoms with Gasteiger partial charge in [-0.05, 0) is 30.7 Å². The van der Waals surface area contributed by atoms with E-state index in [0.29, 0.717) is 32.0 Å². The number of carbonyl (C=O) groups excluding carboxylic acids is 3. The highest BCUT2D eigenvalue weighted by Crippen LogP contribution is 2.22. The van der Waals surface area contributed by atoms with Gasteiger partial charge in [-0.1, -0.05) is 30.3 Å². The molecule has 0 unspecified atom stereocenters. The topological polar surface area (TPSA) is 73.4 Å². The van der Waals surface area contributed by atoms with Crippen molar-refractivity contribution in [1.82, 2.24) is 19.6 Å². The van der Waals surface area contributed by atoms with Crippen molar-refractivity contribution in [2.24, 2.45) is 5.92 Å². The molecule has 1 aromatic rings. The quantitative estimate of drug-likeness (QED) is 0.644. The highest BCUT2D eigenvalue weighted by atomic mass is 16.6. The number of piperidine rings is 1. The third-order valence-corrected chi connectivity index (χ3v) is 6.78. The summed E-state index contributed by atoms with van der Waals surface area (Å²) >= 11 is 0. The third-order valence-electron chi connectivity index (χ3n) is 6.78. The van der Waals surface area contributed by atoms with E-state index in [0.717, 1.165) is 58.5 Å². The van der Waals surface area contributed by atoms with Crippen molar-refractivity contribution in [3.05, 3.63) is 35.9 Å². The van der Waals surface area contributed by atoms with E-state index in [1.54, 1.807) is 0 Å². The van der Waals surface area contributed by atoms with Gasteiger partial charge >= 0.3 is 6.09 Å². The molecule has 3 amide bonds. The Bertz CT molecular complexity index is 794. The third kappa shape index (κ3) is 6.00. The molecule has 32 heavy (non-hydrogen) atoms. The molecule has 0 radical (unpaired) electrons. The smallest absolute Gasteiger partial charge is 0.410 e. The van der Waals surface area contributed by atoms with E-state index in [-0.39, 0.29) is 18.4 Å². The van der Waals surface area contributed by atoms with E-state index in [1.807, 2.05) is 15.9 Å². The second-order valence-electron chi connectivity index (χ2n) is 9.07. The van der Waals surface area contributed by atoms with Gasteiger partial charge in [0, 0.05) is 52.2 Å². The van der Waals surface area contributed by atoms with E-state index in [1.165, 1.54) is 10.5 Å². The van der Waals surface area contributed by atoms with Crippen LogP contribution < -0.4 is 0 Å². The van der Waals surface area contributed by atoms with Crippen LogP contribution in [-0.2, 0) is 20.9 Å². The van der Waals surface area contributed by atoms with E-state index in [2.05, 4.69) is 29.2 Å². The molecule has 8 heteroatoms. The van der Waals surface area contributed by atoms with Gasteiger partial charge in [0.2, 0.25) is 11.8 Å². The van der Waals surface area contributed by atoms with Gasteiger partial charge in [-0.15, -0.1) is 0 Å². The SMILES string of the molecule is O=C(CC[C@H]1CCCN(C(=O)CN2CCOC2=O)C1)N1CCN(Cc2ccccc2)CC1. The highest BCUT2D eigenvalue weighted by Gasteiger charge is 2.30. The Hall–Kier alpha value is -2.61. The molecular formula is C24H34N4O4. The van der Waals surface area contributed by atoms with Gasteiger partial charge in [0.05, 0.1) is 6.54 Å². The lowest BCUT2D eigenvalue weighted by Gasteiger charge is -2.36. The summed E-state index contributed by atoms with van der Waals surface area (Å²) in [6.07, 6.45) is 2.96. The van der Waals surface area contributed by atoms with Crippen molar-refractivity contribution in [3.63, 3.8) is 0 Å². The van der Waals surface area contributed by atoms with Crippen LogP contribution in [0, 0.1) is 5.92 Å². The lowest BCUT2D eigenvalue weighted by Crippen LogP contribution is -2.48. The highest BCUT2D eigenvalue weighted by molar-refractivity contribution is 5.83. The van der Waals surface area contributed by atoms with Crippen LogP contribution in [0.3, 0.4) is 0 Å². The lowest BCUT2D eigenvalue weighted by molar-refractivity contribution is -0.134. The summed E-state index contributed by atoms with van der Waals surface area (Å²) in [5.74, 6) is 0.559. The van der Waals surface area contributed by atoms with Gasteiger partial charge in [-0.2, -0.15) is 0 Å². The average molecular weight is 443 g/mol. The Balaban J connectivity index is 1.16. The molecule has 0 saturated carbocycles. The Morgan fingerprint density at radius 2 is 1.72 bits per heavy atom. The van der Waals surface area contributed by atoms with Crippen molar-refractivity contribution >= 4 is 17.9 Å². The summed E-state index contributed by atoms with van der Waals surface area (Å²) in [5.41, 5.74) is 1.31. The van der Waals surface area contributed by atoms with Crippen LogP contribution in [0.4, 0.5) is 4.79 Å². The number of likely N-dealkylation sites (tertiary alicyclic amines) is 1. The maximum Gasteiger partial charge on any atom is 0.410 e. The molecule has 8 nitrogen and oxygen atoms in total. The number of carbonyl (C=O) groups is 3. The summed E-state index contributed by atoms with van der Waals surface area (Å²) in [7, 11) is 0. The number of benzene rings is 1. The zero-order valence-electron chi connectivity index (χ0n) is 18.8. The predicted molar refractivity (Wildman–Crippen MR) is 120 cm³/mol. The number of cyclic esters (lactones) is 1. The summed E-state index contributed by atoms with van der Waals surface area (Å²) in [4.78, 5) is 44.6. The fourth-order valence-corrected chi connectivity index (χ4v) is 4.84. The number of ether oxygens (including phenoxy) is 1. The number of rotatable bonds is 7. The zero-order chi connectivity index (χ0) is 22.3. The predicted octanol–water partition coefficient (Wildman–Crippen LogP) is 1.80. The Labute approximate surface area is 190 Å². The van der Waals surface area contributed by atoms with Crippen molar-refractivity contribution in [2.75, 3.05) is 59.0 Å². The molecule has 3 fully saturated rings. The first-order valence-corrected chi connectivity index (χ1v) is 11.8. The van der Waals surface area contributed by atoms with Crippen LogP contribution in [0.5, 0.6) is 0 Å². The summed E-state index contributed by atoms with van der Waals surface area (Å²) in [5, 5.41) is 0. The molecule has 1 atom stereocenters. The Morgan fingerprint density at radius 3 is 2.44 bits per heavy atom. The molecule has 3 saturated heterocycles. The Kier molecular flexibility index (Phi) is 7.63. The van der Waals surface area contributed by atoms with E-state index >= 15 is 0 Å². The van der Waals surface area contributed by atoms with Crippen molar-refractivity contribution in [3.8, 4) is 0 Å². The maximum atomic E-state index is 12.8. The number of hydrogen-bond donors (Lipinski definition) is 0. The van der Waals surface area contributed by atoms with Crippen molar-refractivity contribution in [1.29, 1.82) is 0 Å². The molecule has 0 aliphatic carbocycles. The second kappa shape index (κ2) is 10.8. The summed E-state index contributed by atoms with van der Waals surface area (Å²) in [6, 6.07) is 10.5. The normalized spacial score (nSPS) is 22.2. The molecule has 0 spiro atoms. The zero-order valence-corrected chi connectivity index (χ0v) is 18.8. The lowest BCUT2D eigenvalue weighted by atomic mass is 9.93. The Morgan fingerprint density at radius 1 is 0.938 bits per heavy atom. The van der Waals surface area contributed by atoms with Crippen LogP contribution in [0.1, 0.15) is 31.2 Å². The van der Waals surface area contributed by atoms with Gasteiger partial charge in [-0.3, -0.25) is 19.4 Å². The van der Waals surface area contributed by atoms with Crippen LogP contribution >= 0.6 is 0 Å². The van der Waals surface area contributed by atoms with E-state index in [9.17, 15) is 14.4 Å². The maximum absolute atomic E-state index is 12.8. The van der Waals surface area contributed by atoms with Gasteiger partial charge in [0.25, 0.3) is 0 Å². The summed E-state index contributed by atoms with van der Waals surface area (Å²) in [6.45, 7) is 6.67. The number of nitrogens with zero attached hydrogens (tertiary/aromatic N) is 4. The molecular weight excluding hydrogens is 408 g/mol. The molecule has 174 valence electrons. The van der Waals surface area contributed by atoms with Gasteiger partial charge in [-0.25, -0.2) is 4.79 Å². The number of hydrogen-bond acceptors (Lipinski definition) is 5. The first-order chi connectivity index (χ1) is 15.6. The molecule has 0 bridgehead atoms. The first-order valence-electron chi connectivity index (χ1n) is 11.8. The minimum atomic E-state index is -0.402. The fourth-order valence-electron chi connectivity index (χ4n) is 4.84. The number of amides is 3. The molecule has 0 aromatic heterocycles. The molecule has 1 aromatic carbocycles. The molecule has 3 aliphatic heterocycles. The monoisotopic (exact) mass is 442 g/mol. The first kappa shape index (κ1) is 22.6. The van der Waals surface area contributed by atoms with Gasteiger partial charge in [0.15, 0.2) is 0 Å². The van der Waals surface area contributed by atoms with Crippen LogP contribution in [0.15, 0.2) is 30.3 Å². The van der Waals surface area contributed by atoms with E-state index < -0.39 is 6.09 Å². The minimum Gasteiger partial charge on any atom is -0.448 e. The average Bonchev–Trinajstić information content (AvgIpc) is 3.23. The van der Waals surface area contributed by atoms with E-state index in [4.69, 9.17) is 4.74 Å². The molecule has 0 N–H and O–H groups in total. The standard InChI is InChI=1S/C24H34N4O4/c29-22(26-13-11-25(12-14-26)17-20-5-2-1-3-6-20)9-8-21-7-4-10-27(18-21)23(30)19-28-15-16-32-24(28)31/h1-3,5-6,21H,4,7-19H2/t21-/m1/s1. The molecule has 3 heterocycles. The van der Waals surface area contributed by atoms with Gasteiger partial charge < -0.3 is 14.5 Å². The molecule has 3 aliphatic rings. The van der Waals surface area contributed by atoms with Crippen LogP contribution in [-0.4, -0.2) is 96.5 Å². The number of piperazine rings is 1.